The van der Waals surface area contributed by atoms with E-state index in [2.05, 4.69) is 25.3 Å². The van der Waals surface area contributed by atoms with Crippen LogP contribution >= 0.6 is 0 Å². The Balaban J connectivity index is 1.21. The van der Waals surface area contributed by atoms with Crippen molar-refractivity contribution < 1.29 is 14.3 Å². The molecule has 6 bridgehead atoms. The summed E-state index contributed by atoms with van der Waals surface area (Å²) < 4.78 is 15.5. The lowest BCUT2D eigenvalue weighted by Gasteiger charge is -2.57. The van der Waals surface area contributed by atoms with E-state index in [-0.39, 0.29) is 23.0 Å². The predicted octanol–water partition coefficient (Wildman–Crippen LogP) is 3.70. The Hall–Kier alpha value is -0.930. The third-order valence-corrected chi connectivity index (χ3v) is 14.5. The molecule has 19 atom stereocenters. The fraction of sp³-hybridized carbons (Fsp3) is 0.821. The lowest BCUT2D eigenvalue weighted by atomic mass is 9.51. The monoisotopic (exact) mass is 414 g/mol. The summed E-state index contributed by atoms with van der Waals surface area (Å²) in [5, 5.41) is 0. The third-order valence-electron chi connectivity index (χ3n) is 14.5. The fourth-order valence-corrected chi connectivity index (χ4v) is 15.2. The molecule has 31 heavy (non-hydrogen) atoms. The molecular formula is C28H30O3. The zero-order chi connectivity index (χ0) is 20.0. The van der Waals surface area contributed by atoms with E-state index < -0.39 is 5.79 Å². The maximum atomic E-state index is 13.4. The van der Waals surface area contributed by atoms with Crippen LogP contribution in [-0.4, -0.2) is 22.8 Å². The van der Waals surface area contributed by atoms with Crippen molar-refractivity contribution in [3.63, 3.8) is 0 Å². The van der Waals surface area contributed by atoms with E-state index in [9.17, 15) is 4.79 Å². The number of hydrogen-bond donors (Lipinski definition) is 0. The molecule has 10 aliphatic carbocycles. The zero-order valence-corrected chi connectivity index (χ0v) is 17.9. The minimum absolute atomic E-state index is 0.0439. The predicted molar refractivity (Wildman–Crippen MR) is 110 cm³/mol. The Morgan fingerprint density at radius 2 is 1.26 bits per heavy atom. The summed E-state index contributed by atoms with van der Waals surface area (Å²) in [6, 6.07) is 0. The van der Waals surface area contributed by atoms with Gasteiger partial charge in [-0.15, -0.1) is 13.2 Å². The van der Waals surface area contributed by atoms with Crippen LogP contribution in [0.2, 0.25) is 0 Å². The van der Waals surface area contributed by atoms with Crippen LogP contribution < -0.4 is 0 Å². The molecule has 10 saturated carbocycles. The summed E-state index contributed by atoms with van der Waals surface area (Å²) in [6.07, 6.45) is 9.08. The molecule has 0 aromatic heterocycles. The highest BCUT2D eigenvalue weighted by Gasteiger charge is 2.97. The van der Waals surface area contributed by atoms with E-state index in [0.717, 1.165) is 42.4 Å². The van der Waals surface area contributed by atoms with Crippen molar-refractivity contribution in [2.24, 2.45) is 94.7 Å². The molecule has 3 heteroatoms. The zero-order valence-electron chi connectivity index (χ0n) is 17.9. The molecule has 0 aromatic rings. The average molecular weight is 415 g/mol. The highest BCUT2D eigenvalue weighted by molar-refractivity contribution is 5.91. The van der Waals surface area contributed by atoms with Crippen molar-refractivity contribution in [2.75, 3.05) is 0 Å². The van der Waals surface area contributed by atoms with E-state index in [0.29, 0.717) is 59.0 Å². The van der Waals surface area contributed by atoms with Gasteiger partial charge in [0, 0.05) is 23.7 Å². The van der Waals surface area contributed by atoms with E-state index >= 15 is 0 Å². The number of rotatable bonds is 4. The van der Waals surface area contributed by atoms with Crippen molar-refractivity contribution in [1.29, 1.82) is 0 Å². The quantitative estimate of drug-likeness (QED) is 0.658. The fourth-order valence-electron chi connectivity index (χ4n) is 15.2. The molecule has 12 rings (SSSR count). The van der Waals surface area contributed by atoms with Crippen molar-refractivity contribution in [2.45, 2.75) is 42.7 Å². The first-order valence-electron chi connectivity index (χ1n) is 13.3. The number of fused-ring (bicyclic) bond motifs is 2. The second kappa shape index (κ2) is 3.96. The molecule has 0 amide bonds. The van der Waals surface area contributed by atoms with Gasteiger partial charge in [0.15, 0.2) is 5.79 Å². The smallest absolute Gasteiger partial charge is 0.177 e. The van der Waals surface area contributed by atoms with Crippen LogP contribution in [0.3, 0.4) is 0 Å². The molecule has 0 N–H and O–H groups in total. The Kier molecular flexibility index (Phi) is 2.02. The SMILES string of the molecule is C=CC[C@]12OC3(O[C@@]4(CC=C)[C@@H]5[C@H]6C[C@H]([C@@H]7[C@H]6[C@H]4[C@@H]71)[C@@H]52)[C@@H]1[C@H]2C[C@H]4[C@@H]1C(=O)[C@@H]1[C@H]4[C@H]2[C@@H]13. The van der Waals surface area contributed by atoms with Gasteiger partial charge in [-0.1, -0.05) is 12.2 Å². The van der Waals surface area contributed by atoms with Crippen LogP contribution in [0.15, 0.2) is 25.3 Å². The summed E-state index contributed by atoms with van der Waals surface area (Å²) in [5.74, 6) is 10.3. The van der Waals surface area contributed by atoms with Gasteiger partial charge in [0.1, 0.15) is 5.78 Å². The second-order valence-corrected chi connectivity index (χ2v) is 13.9. The van der Waals surface area contributed by atoms with Gasteiger partial charge in [-0.2, -0.15) is 0 Å². The van der Waals surface area contributed by atoms with Gasteiger partial charge in [0.05, 0.1) is 11.2 Å². The molecule has 2 saturated heterocycles. The van der Waals surface area contributed by atoms with Gasteiger partial charge < -0.3 is 9.47 Å². The number of ketones is 1. The minimum Gasteiger partial charge on any atom is -0.342 e. The van der Waals surface area contributed by atoms with Crippen molar-refractivity contribution in [3.8, 4) is 0 Å². The molecule has 1 spiro atoms. The van der Waals surface area contributed by atoms with Crippen LogP contribution in [0.25, 0.3) is 0 Å². The van der Waals surface area contributed by atoms with Gasteiger partial charge in [0.25, 0.3) is 0 Å². The summed E-state index contributed by atoms with van der Waals surface area (Å²) in [6.45, 7) is 8.48. The molecule has 160 valence electrons. The lowest BCUT2D eigenvalue weighted by molar-refractivity contribution is -0.355. The van der Waals surface area contributed by atoms with Gasteiger partial charge >= 0.3 is 0 Å². The number of hydrogen-bond acceptors (Lipinski definition) is 3. The highest BCUT2D eigenvalue weighted by Crippen LogP contribution is 2.94. The Morgan fingerprint density at radius 1 is 0.710 bits per heavy atom. The summed E-state index contributed by atoms with van der Waals surface area (Å²) in [4.78, 5) is 13.4. The first kappa shape index (κ1) is 15.8. The number of Topliss-reactive ketones (excluding diaryl/α,β-unsaturated/α-hetero) is 1. The average Bonchev–Trinajstić information content (AvgIpc) is 3.38. The number of carbonyl (C=O) groups is 1. The van der Waals surface area contributed by atoms with Gasteiger partial charge in [-0.25, -0.2) is 0 Å². The molecule has 0 radical (unpaired) electrons. The molecule has 0 aromatic carbocycles. The third kappa shape index (κ3) is 1.04. The van der Waals surface area contributed by atoms with Gasteiger partial charge in [-0.3, -0.25) is 4.79 Å². The topological polar surface area (TPSA) is 35.5 Å². The first-order valence-corrected chi connectivity index (χ1v) is 13.3. The molecule has 12 fully saturated rings. The summed E-state index contributed by atoms with van der Waals surface area (Å²) in [7, 11) is 0. The molecular weight excluding hydrogens is 384 g/mol. The normalized spacial score (nSPS) is 80.1. The van der Waals surface area contributed by atoms with Crippen LogP contribution in [0.1, 0.15) is 25.7 Å². The highest BCUT2D eigenvalue weighted by atomic mass is 16.7. The van der Waals surface area contributed by atoms with Crippen LogP contribution in [-0.2, 0) is 14.3 Å². The van der Waals surface area contributed by atoms with Gasteiger partial charge in [-0.05, 0) is 96.7 Å². The summed E-state index contributed by atoms with van der Waals surface area (Å²) in [5.41, 5.74) is -0.0877. The maximum Gasteiger partial charge on any atom is 0.177 e. The van der Waals surface area contributed by atoms with Crippen LogP contribution in [0.4, 0.5) is 0 Å². The van der Waals surface area contributed by atoms with Crippen molar-refractivity contribution in [3.05, 3.63) is 25.3 Å². The largest absolute Gasteiger partial charge is 0.342 e. The van der Waals surface area contributed by atoms with E-state index in [1.165, 1.54) is 12.8 Å². The maximum absolute atomic E-state index is 13.4. The standard InChI is InChI=1S/C28H30O3/c1-3-5-26-20-11-8-12-16-15(11)23(26)24(16)27(6-4-2,21(12)20)31-28(30-26)19-10-7-9-13-14(10)22(28)18(13)25(29)17(9)19/h3-4,9-24H,1-2,5-8H2/t9-,10+,11-,12+,13-,14+,15-,16+,17+,18-,19-,20+,21-,22+,23-,24+,26-,27+,28?/m1/s1. The van der Waals surface area contributed by atoms with Crippen LogP contribution in [0.5, 0.6) is 0 Å². The van der Waals surface area contributed by atoms with Crippen molar-refractivity contribution in [1.82, 2.24) is 0 Å². The van der Waals surface area contributed by atoms with Crippen LogP contribution in [0, 0.1) is 94.7 Å². The summed E-state index contributed by atoms with van der Waals surface area (Å²) >= 11 is 0. The molecule has 3 nitrogen and oxygen atoms in total. The molecule has 12 aliphatic rings. The molecule has 2 aliphatic heterocycles. The van der Waals surface area contributed by atoms with Crippen molar-refractivity contribution >= 4 is 5.78 Å². The van der Waals surface area contributed by atoms with E-state index in [1.807, 2.05) is 0 Å². The Labute approximate surface area is 183 Å². The number of carbonyl (C=O) groups excluding carboxylic acids is 1. The van der Waals surface area contributed by atoms with E-state index in [1.54, 1.807) is 0 Å². The lowest BCUT2D eigenvalue weighted by Crippen LogP contribution is -2.63. The molecule has 2 heterocycles. The Bertz CT molecular complexity index is 1030. The minimum atomic E-state index is -0.465. The Morgan fingerprint density at radius 3 is 1.87 bits per heavy atom. The first-order chi connectivity index (χ1) is 15.1. The molecule has 1 unspecified atom stereocenters. The van der Waals surface area contributed by atoms with Gasteiger partial charge in [0.2, 0.25) is 0 Å². The van der Waals surface area contributed by atoms with E-state index in [4.69, 9.17) is 9.47 Å². The number of ether oxygens (including phenoxy) is 2. The second-order valence-electron chi connectivity index (χ2n) is 13.9.